The number of aromatic nitrogens is 5. The third kappa shape index (κ3) is 5.09. The van der Waals surface area contributed by atoms with E-state index in [1.807, 2.05) is 48.7 Å². The van der Waals surface area contributed by atoms with Crippen LogP contribution in [0.3, 0.4) is 0 Å². The first kappa shape index (κ1) is 21.8. The van der Waals surface area contributed by atoms with Gasteiger partial charge in [0.1, 0.15) is 6.54 Å². The molecule has 0 spiro atoms. The monoisotopic (exact) mass is 452 g/mol. The molecule has 0 aliphatic heterocycles. The minimum atomic E-state index is -0.396. The number of benzene rings is 1. The van der Waals surface area contributed by atoms with Gasteiger partial charge in [-0.2, -0.15) is 0 Å². The molecule has 0 unspecified atom stereocenters. The number of carbonyl (C=O) groups excluding carboxylic acids is 1. The molecule has 4 aromatic rings. The fourth-order valence-corrected chi connectivity index (χ4v) is 4.31. The average molecular weight is 453 g/mol. The number of carbonyl (C=O) groups is 1. The molecule has 3 aromatic heterocycles. The van der Waals surface area contributed by atoms with Gasteiger partial charge in [0, 0.05) is 23.5 Å². The standard InChI is InChI=1S/C22H24N6O3S/c1-3-31-20(29)14-28-19(24-25-26-28)13-27(12-18-8-5-9-32-18)11-17-10-16-7-4-6-15(2)21(16)23-22(17)30/h4-10H,3,11-14H2,1-2H3,(H,23,30). The molecule has 0 aliphatic rings. The predicted octanol–water partition coefficient (Wildman–Crippen LogP) is 2.65. The van der Waals surface area contributed by atoms with E-state index in [1.54, 1.807) is 18.3 Å². The summed E-state index contributed by atoms with van der Waals surface area (Å²) < 4.78 is 6.45. The molecular formula is C22H24N6O3S. The number of rotatable bonds is 9. The van der Waals surface area contributed by atoms with Crippen LogP contribution in [0.4, 0.5) is 0 Å². The van der Waals surface area contributed by atoms with Crippen LogP contribution in [0.5, 0.6) is 0 Å². The van der Waals surface area contributed by atoms with Gasteiger partial charge in [0.25, 0.3) is 5.56 Å². The third-order valence-electron chi connectivity index (χ3n) is 5.07. The first-order chi connectivity index (χ1) is 15.5. The highest BCUT2D eigenvalue weighted by atomic mass is 32.1. The van der Waals surface area contributed by atoms with Crippen molar-refractivity contribution in [1.82, 2.24) is 30.1 Å². The van der Waals surface area contributed by atoms with Crippen LogP contribution >= 0.6 is 11.3 Å². The Hall–Kier alpha value is -3.37. The van der Waals surface area contributed by atoms with Crippen LogP contribution in [0.2, 0.25) is 0 Å². The Morgan fingerprint density at radius 3 is 2.88 bits per heavy atom. The number of hydrogen-bond acceptors (Lipinski definition) is 8. The number of aromatic amines is 1. The number of thiophene rings is 1. The van der Waals surface area contributed by atoms with Crippen LogP contribution in [0, 0.1) is 6.92 Å². The van der Waals surface area contributed by atoms with Gasteiger partial charge in [0.15, 0.2) is 5.82 Å². The van der Waals surface area contributed by atoms with Gasteiger partial charge in [0.2, 0.25) is 0 Å². The van der Waals surface area contributed by atoms with Crippen molar-refractivity contribution >= 4 is 28.2 Å². The number of para-hydroxylation sites is 1. The smallest absolute Gasteiger partial charge is 0.327 e. The molecule has 9 nitrogen and oxygen atoms in total. The highest BCUT2D eigenvalue weighted by Gasteiger charge is 2.18. The lowest BCUT2D eigenvalue weighted by atomic mass is 10.1. The second-order valence-corrected chi connectivity index (χ2v) is 8.48. The van der Waals surface area contributed by atoms with E-state index in [0.717, 1.165) is 21.3 Å². The highest BCUT2D eigenvalue weighted by molar-refractivity contribution is 7.09. The van der Waals surface area contributed by atoms with Gasteiger partial charge in [-0.1, -0.05) is 24.3 Å². The van der Waals surface area contributed by atoms with Gasteiger partial charge in [-0.05, 0) is 52.7 Å². The van der Waals surface area contributed by atoms with Gasteiger partial charge >= 0.3 is 5.97 Å². The third-order valence-corrected chi connectivity index (χ3v) is 5.93. The van der Waals surface area contributed by atoms with Crippen LogP contribution in [0.1, 0.15) is 28.8 Å². The van der Waals surface area contributed by atoms with Crippen LogP contribution in [0.25, 0.3) is 10.9 Å². The molecule has 166 valence electrons. The predicted molar refractivity (Wildman–Crippen MR) is 121 cm³/mol. The number of fused-ring (bicyclic) bond motifs is 1. The fraction of sp³-hybridized carbons (Fsp3) is 0.318. The van der Waals surface area contributed by atoms with Crippen LogP contribution in [0.15, 0.2) is 46.6 Å². The maximum Gasteiger partial charge on any atom is 0.327 e. The number of nitrogens with one attached hydrogen (secondary N) is 1. The topological polar surface area (TPSA) is 106 Å². The minimum absolute atomic E-state index is 0.0567. The molecule has 0 saturated heterocycles. The number of ether oxygens (including phenoxy) is 1. The zero-order chi connectivity index (χ0) is 22.5. The number of tetrazole rings is 1. The Morgan fingerprint density at radius 1 is 1.22 bits per heavy atom. The highest BCUT2D eigenvalue weighted by Crippen LogP contribution is 2.19. The Kier molecular flexibility index (Phi) is 6.72. The first-order valence-corrected chi connectivity index (χ1v) is 11.2. The van der Waals surface area contributed by atoms with Crippen molar-refractivity contribution in [3.05, 3.63) is 74.0 Å². The molecule has 0 aliphatic carbocycles. The molecule has 4 rings (SSSR count). The van der Waals surface area contributed by atoms with Gasteiger partial charge in [-0.25, -0.2) is 4.68 Å². The Labute approximate surface area is 188 Å². The van der Waals surface area contributed by atoms with Gasteiger partial charge in [0.05, 0.1) is 18.7 Å². The zero-order valence-electron chi connectivity index (χ0n) is 17.9. The Bertz CT molecular complexity index is 1260. The second kappa shape index (κ2) is 9.84. The molecule has 3 heterocycles. The van der Waals surface area contributed by atoms with Crippen molar-refractivity contribution < 1.29 is 9.53 Å². The number of pyridine rings is 1. The number of esters is 1. The van der Waals surface area contributed by atoms with E-state index in [4.69, 9.17) is 4.74 Å². The Balaban J connectivity index is 1.61. The van der Waals surface area contributed by atoms with E-state index in [1.165, 1.54) is 4.68 Å². The number of nitrogens with zero attached hydrogens (tertiary/aromatic N) is 5. The van der Waals surface area contributed by atoms with E-state index in [2.05, 4.69) is 25.4 Å². The normalized spacial score (nSPS) is 11.3. The lowest BCUT2D eigenvalue weighted by molar-refractivity contribution is -0.144. The summed E-state index contributed by atoms with van der Waals surface area (Å²) >= 11 is 1.64. The van der Waals surface area contributed by atoms with E-state index in [9.17, 15) is 9.59 Å². The number of hydrogen-bond donors (Lipinski definition) is 1. The molecule has 0 bridgehead atoms. The summed E-state index contributed by atoms with van der Waals surface area (Å²) in [6, 6.07) is 11.9. The summed E-state index contributed by atoms with van der Waals surface area (Å²) in [5, 5.41) is 14.8. The maximum absolute atomic E-state index is 12.8. The fourth-order valence-electron chi connectivity index (χ4n) is 3.57. The van der Waals surface area contributed by atoms with Crippen molar-refractivity contribution in [2.45, 2.75) is 40.0 Å². The molecule has 0 radical (unpaired) electrons. The second-order valence-electron chi connectivity index (χ2n) is 7.45. The average Bonchev–Trinajstić information content (AvgIpc) is 3.42. The molecule has 0 fully saturated rings. The van der Waals surface area contributed by atoms with E-state index >= 15 is 0 Å². The van der Waals surface area contributed by atoms with Crippen LogP contribution in [-0.4, -0.2) is 42.7 Å². The summed E-state index contributed by atoms with van der Waals surface area (Å²) in [5.74, 6) is 0.134. The lowest BCUT2D eigenvalue weighted by Gasteiger charge is -2.21. The van der Waals surface area contributed by atoms with Crippen molar-refractivity contribution in [1.29, 1.82) is 0 Å². The molecule has 0 amide bonds. The zero-order valence-corrected chi connectivity index (χ0v) is 18.8. The van der Waals surface area contributed by atoms with Crippen molar-refractivity contribution in [2.24, 2.45) is 0 Å². The summed E-state index contributed by atoms with van der Waals surface area (Å²) in [6.45, 7) is 5.37. The summed E-state index contributed by atoms with van der Waals surface area (Å²) in [4.78, 5) is 31.0. The maximum atomic E-state index is 12.8. The van der Waals surface area contributed by atoms with Crippen LogP contribution in [-0.2, 0) is 35.7 Å². The van der Waals surface area contributed by atoms with Gasteiger partial charge in [-0.3, -0.25) is 14.5 Å². The van der Waals surface area contributed by atoms with E-state index in [-0.39, 0.29) is 12.1 Å². The van der Waals surface area contributed by atoms with E-state index in [0.29, 0.717) is 37.6 Å². The Morgan fingerprint density at radius 2 is 2.09 bits per heavy atom. The summed E-state index contributed by atoms with van der Waals surface area (Å²) in [5.41, 5.74) is 2.42. The molecule has 10 heteroatoms. The van der Waals surface area contributed by atoms with E-state index < -0.39 is 5.97 Å². The molecule has 1 N–H and O–H groups in total. The quantitative estimate of drug-likeness (QED) is 0.389. The minimum Gasteiger partial charge on any atom is -0.465 e. The number of H-pyrrole nitrogens is 1. The number of aryl methyl sites for hydroxylation is 1. The van der Waals surface area contributed by atoms with Crippen LogP contribution < -0.4 is 5.56 Å². The molecule has 0 atom stereocenters. The molecular weight excluding hydrogens is 428 g/mol. The van der Waals surface area contributed by atoms with Gasteiger partial charge < -0.3 is 9.72 Å². The summed E-state index contributed by atoms with van der Waals surface area (Å²) in [7, 11) is 0. The van der Waals surface area contributed by atoms with Crippen molar-refractivity contribution in [3.8, 4) is 0 Å². The van der Waals surface area contributed by atoms with Crippen molar-refractivity contribution in [2.75, 3.05) is 6.61 Å². The molecule has 1 aromatic carbocycles. The largest absolute Gasteiger partial charge is 0.465 e. The van der Waals surface area contributed by atoms with Crippen molar-refractivity contribution in [3.63, 3.8) is 0 Å². The summed E-state index contributed by atoms with van der Waals surface area (Å²) in [6.07, 6.45) is 0. The molecule has 32 heavy (non-hydrogen) atoms. The molecule has 0 saturated carbocycles. The lowest BCUT2D eigenvalue weighted by Crippen LogP contribution is -2.28. The first-order valence-electron chi connectivity index (χ1n) is 10.3. The van der Waals surface area contributed by atoms with Gasteiger partial charge in [-0.15, -0.1) is 16.4 Å². The SMILES string of the molecule is CCOC(=O)Cn1nnnc1CN(Cc1cccs1)Cc1cc2cccc(C)c2[nH]c1=O.